The molecule has 1 aromatic rings. The first-order valence-corrected chi connectivity index (χ1v) is 6.37. The fourth-order valence-corrected chi connectivity index (χ4v) is 1.54. The number of benzene rings is 1. The molecular formula is C14H23N3O. The van der Waals surface area contributed by atoms with Crippen molar-refractivity contribution in [1.82, 2.24) is 10.2 Å². The van der Waals surface area contributed by atoms with Crippen LogP contribution in [0.15, 0.2) is 35.3 Å². The maximum absolute atomic E-state index is 5.65. The number of nitrogens with one attached hydrogen (secondary N) is 1. The minimum Gasteiger partial charge on any atom is -0.492 e. The molecule has 0 atom stereocenters. The van der Waals surface area contributed by atoms with E-state index in [1.165, 1.54) is 0 Å². The summed E-state index contributed by atoms with van der Waals surface area (Å²) < 4.78 is 5.65. The maximum atomic E-state index is 5.65. The number of likely N-dealkylation sites (N-methyl/N-ethyl adjacent to an activating group) is 1. The SMILES string of the molecule is CCCNC(=NC)N(C)CCOc1ccccc1. The molecule has 0 saturated carbocycles. The van der Waals surface area contributed by atoms with Crippen molar-refractivity contribution in [1.29, 1.82) is 0 Å². The minimum absolute atomic E-state index is 0.646. The molecule has 0 spiro atoms. The van der Waals surface area contributed by atoms with E-state index in [1.54, 1.807) is 7.05 Å². The number of rotatable bonds is 6. The molecule has 0 aliphatic rings. The summed E-state index contributed by atoms with van der Waals surface area (Å²) in [6.07, 6.45) is 1.09. The summed E-state index contributed by atoms with van der Waals surface area (Å²) in [5, 5.41) is 3.29. The zero-order valence-electron chi connectivity index (χ0n) is 11.5. The van der Waals surface area contributed by atoms with E-state index < -0.39 is 0 Å². The van der Waals surface area contributed by atoms with Gasteiger partial charge in [-0.1, -0.05) is 25.1 Å². The number of ether oxygens (including phenoxy) is 1. The lowest BCUT2D eigenvalue weighted by Gasteiger charge is -2.21. The molecule has 0 fully saturated rings. The Morgan fingerprint density at radius 3 is 2.67 bits per heavy atom. The Morgan fingerprint density at radius 1 is 1.33 bits per heavy atom. The van der Waals surface area contributed by atoms with Gasteiger partial charge in [-0.15, -0.1) is 0 Å². The first-order valence-electron chi connectivity index (χ1n) is 6.37. The number of nitrogens with zero attached hydrogens (tertiary/aromatic N) is 2. The third kappa shape index (κ3) is 5.08. The summed E-state index contributed by atoms with van der Waals surface area (Å²) >= 11 is 0. The summed E-state index contributed by atoms with van der Waals surface area (Å²) in [5.41, 5.74) is 0. The smallest absolute Gasteiger partial charge is 0.193 e. The molecule has 0 unspecified atom stereocenters. The Kier molecular flexibility index (Phi) is 6.69. The Labute approximate surface area is 110 Å². The van der Waals surface area contributed by atoms with Gasteiger partial charge in [0.2, 0.25) is 0 Å². The average molecular weight is 249 g/mol. The lowest BCUT2D eigenvalue weighted by atomic mass is 10.3. The van der Waals surface area contributed by atoms with Gasteiger partial charge in [-0.25, -0.2) is 0 Å². The molecule has 0 aromatic heterocycles. The molecule has 1 N–H and O–H groups in total. The number of guanidine groups is 1. The summed E-state index contributed by atoms with van der Waals surface area (Å²) in [6.45, 7) is 4.53. The zero-order chi connectivity index (χ0) is 13.2. The second-order valence-corrected chi connectivity index (χ2v) is 4.06. The summed E-state index contributed by atoms with van der Waals surface area (Å²) in [7, 11) is 3.81. The zero-order valence-corrected chi connectivity index (χ0v) is 11.5. The fourth-order valence-electron chi connectivity index (χ4n) is 1.54. The Hall–Kier alpha value is -1.71. The highest BCUT2D eigenvalue weighted by molar-refractivity contribution is 5.79. The molecule has 0 aliphatic heterocycles. The second kappa shape index (κ2) is 8.39. The van der Waals surface area contributed by atoms with E-state index in [9.17, 15) is 0 Å². The van der Waals surface area contributed by atoms with Crippen LogP contribution in [-0.2, 0) is 0 Å². The van der Waals surface area contributed by atoms with Crippen LogP contribution in [-0.4, -0.2) is 44.7 Å². The van der Waals surface area contributed by atoms with Gasteiger partial charge in [0.1, 0.15) is 12.4 Å². The monoisotopic (exact) mass is 249 g/mol. The third-order valence-electron chi connectivity index (χ3n) is 2.55. The van der Waals surface area contributed by atoms with Gasteiger partial charge < -0.3 is 15.0 Å². The summed E-state index contributed by atoms with van der Waals surface area (Å²) in [6, 6.07) is 9.85. The first kappa shape index (κ1) is 14.4. The van der Waals surface area contributed by atoms with E-state index >= 15 is 0 Å². The number of hydrogen-bond donors (Lipinski definition) is 1. The van der Waals surface area contributed by atoms with Crippen molar-refractivity contribution in [2.75, 3.05) is 33.8 Å². The molecule has 0 amide bonds. The highest BCUT2D eigenvalue weighted by Crippen LogP contribution is 2.07. The topological polar surface area (TPSA) is 36.9 Å². The second-order valence-electron chi connectivity index (χ2n) is 4.06. The quantitative estimate of drug-likeness (QED) is 0.619. The van der Waals surface area contributed by atoms with Crippen LogP contribution in [0.5, 0.6) is 5.75 Å². The van der Waals surface area contributed by atoms with E-state index in [-0.39, 0.29) is 0 Å². The molecule has 0 bridgehead atoms. The van der Waals surface area contributed by atoms with Crippen LogP contribution in [0, 0.1) is 0 Å². The van der Waals surface area contributed by atoms with E-state index in [0.717, 1.165) is 31.2 Å². The molecule has 4 nitrogen and oxygen atoms in total. The van der Waals surface area contributed by atoms with Crippen LogP contribution >= 0.6 is 0 Å². The van der Waals surface area contributed by atoms with Crippen molar-refractivity contribution in [2.24, 2.45) is 4.99 Å². The van der Waals surface area contributed by atoms with Crippen molar-refractivity contribution < 1.29 is 4.74 Å². The van der Waals surface area contributed by atoms with Gasteiger partial charge in [-0.2, -0.15) is 0 Å². The van der Waals surface area contributed by atoms with Gasteiger partial charge in [0.15, 0.2) is 5.96 Å². The van der Waals surface area contributed by atoms with Crippen LogP contribution in [0.1, 0.15) is 13.3 Å². The molecule has 1 rings (SSSR count). The fraction of sp³-hybridized carbons (Fsp3) is 0.500. The average Bonchev–Trinajstić information content (AvgIpc) is 2.41. The number of hydrogen-bond acceptors (Lipinski definition) is 2. The van der Waals surface area contributed by atoms with Crippen LogP contribution in [0.25, 0.3) is 0 Å². The third-order valence-corrected chi connectivity index (χ3v) is 2.55. The standard InChI is InChI=1S/C14H23N3O/c1-4-10-16-14(15-2)17(3)11-12-18-13-8-6-5-7-9-13/h5-9H,4,10-12H2,1-3H3,(H,15,16). The molecule has 0 radical (unpaired) electrons. The van der Waals surface area contributed by atoms with E-state index in [4.69, 9.17) is 4.74 Å². The number of para-hydroxylation sites is 1. The lowest BCUT2D eigenvalue weighted by molar-refractivity contribution is 0.281. The van der Waals surface area contributed by atoms with Gasteiger partial charge in [-0.3, -0.25) is 4.99 Å². The predicted octanol–water partition coefficient (Wildman–Crippen LogP) is 1.98. The van der Waals surface area contributed by atoms with Crippen molar-refractivity contribution >= 4 is 5.96 Å². The van der Waals surface area contributed by atoms with Crippen molar-refractivity contribution in [2.45, 2.75) is 13.3 Å². The van der Waals surface area contributed by atoms with Crippen molar-refractivity contribution in [3.63, 3.8) is 0 Å². The van der Waals surface area contributed by atoms with Gasteiger partial charge in [0.25, 0.3) is 0 Å². The van der Waals surface area contributed by atoms with Crippen molar-refractivity contribution in [3.05, 3.63) is 30.3 Å². The Morgan fingerprint density at radius 2 is 2.06 bits per heavy atom. The van der Waals surface area contributed by atoms with E-state index in [0.29, 0.717) is 6.61 Å². The molecule has 18 heavy (non-hydrogen) atoms. The molecule has 0 heterocycles. The summed E-state index contributed by atoms with van der Waals surface area (Å²) in [5.74, 6) is 1.82. The molecule has 1 aromatic carbocycles. The van der Waals surface area contributed by atoms with Gasteiger partial charge >= 0.3 is 0 Å². The minimum atomic E-state index is 0.646. The van der Waals surface area contributed by atoms with Gasteiger partial charge in [0.05, 0.1) is 6.54 Å². The van der Waals surface area contributed by atoms with Crippen LogP contribution < -0.4 is 10.1 Å². The highest BCUT2D eigenvalue weighted by Gasteiger charge is 2.04. The highest BCUT2D eigenvalue weighted by atomic mass is 16.5. The van der Waals surface area contributed by atoms with Gasteiger partial charge in [-0.05, 0) is 18.6 Å². The Balaban J connectivity index is 2.29. The largest absolute Gasteiger partial charge is 0.492 e. The Bertz CT molecular complexity index is 351. The molecule has 4 heteroatoms. The maximum Gasteiger partial charge on any atom is 0.193 e. The summed E-state index contributed by atoms with van der Waals surface area (Å²) in [4.78, 5) is 6.30. The van der Waals surface area contributed by atoms with Crippen LogP contribution in [0.4, 0.5) is 0 Å². The molecule has 0 aliphatic carbocycles. The molecular weight excluding hydrogens is 226 g/mol. The lowest BCUT2D eigenvalue weighted by Crippen LogP contribution is -2.41. The number of aliphatic imine (C=N–C) groups is 1. The normalized spacial score (nSPS) is 11.2. The van der Waals surface area contributed by atoms with Crippen LogP contribution in [0.3, 0.4) is 0 Å². The van der Waals surface area contributed by atoms with Crippen molar-refractivity contribution in [3.8, 4) is 5.75 Å². The molecule has 0 saturated heterocycles. The first-order chi connectivity index (χ1) is 8.77. The van der Waals surface area contributed by atoms with Gasteiger partial charge in [0, 0.05) is 20.6 Å². The van der Waals surface area contributed by atoms with Crippen LogP contribution in [0.2, 0.25) is 0 Å². The van der Waals surface area contributed by atoms with E-state index in [1.807, 2.05) is 37.4 Å². The van der Waals surface area contributed by atoms with E-state index in [2.05, 4.69) is 22.1 Å². The molecule has 100 valence electrons. The predicted molar refractivity (Wildman–Crippen MR) is 76.2 cm³/mol.